The predicted molar refractivity (Wildman–Crippen MR) is 107 cm³/mol. The normalized spacial score (nSPS) is 23.3. The van der Waals surface area contributed by atoms with Crippen molar-refractivity contribution in [1.29, 1.82) is 0 Å². The van der Waals surface area contributed by atoms with Crippen LogP contribution >= 0.6 is 11.3 Å². The Morgan fingerprint density at radius 1 is 1.25 bits per heavy atom. The molecule has 0 bridgehead atoms. The van der Waals surface area contributed by atoms with E-state index < -0.39 is 0 Å². The molecule has 1 amide bonds. The second-order valence-electron chi connectivity index (χ2n) is 8.16. The lowest BCUT2D eigenvalue weighted by atomic mass is 9.97. The number of thiophene rings is 1. The number of nitrogens with one attached hydrogen (secondary N) is 2. The van der Waals surface area contributed by atoms with E-state index >= 15 is 0 Å². The van der Waals surface area contributed by atoms with Crippen LogP contribution in [0, 0.1) is 0 Å². The molecular formula is C20H27N4O3S+. The predicted octanol–water partition coefficient (Wildman–Crippen LogP) is 0.270. The largest absolute Gasteiger partial charge is 0.368 e. The molecule has 0 aromatic carbocycles. The topological polar surface area (TPSA) is 79.7 Å². The maximum atomic E-state index is 12.7. The van der Waals surface area contributed by atoms with Crippen molar-refractivity contribution in [2.75, 3.05) is 32.8 Å². The van der Waals surface area contributed by atoms with Crippen LogP contribution in [0.3, 0.4) is 0 Å². The highest BCUT2D eigenvalue weighted by atomic mass is 32.1. The Labute approximate surface area is 167 Å². The van der Waals surface area contributed by atoms with E-state index in [0.29, 0.717) is 13.2 Å². The number of aromatic nitrogens is 2. The fourth-order valence-corrected chi connectivity index (χ4v) is 6.01. The molecule has 2 saturated heterocycles. The highest BCUT2D eigenvalue weighted by molar-refractivity contribution is 7.18. The number of hydrogen-bond donors (Lipinski definition) is 2. The Morgan fingerprint density at radius 3 is 2.86 bits per heavy atom. The van der Waals surface area contributed by atoms with Gasteiger partial charge in [0.15, 0.2) is 5.82 Å². The van der Waals surface area contributed by atoms with E-state index in [1.807, 2.05) is 4.90 Å². The second-order valence-corrected chi connectivity index (χ2v) is 9.24. The van der Waals surface area contributed by atoms with Gasteiger partial charge in [0.25, 0.3) is 11.5 Å². The van der Waals surface area contributed by atoms with Crippen LogP contribution in [-0.4, -0.2) is 59.7 Å². The molecule has 0 saturated carbocycles. The molecule has 0 spiro atoms. The minimum absolute atomic E-state index is 0.0194. The molecule has 5 rings (SSSR count). The molecule has 2 fully saturated rings. The summed E-state index contributed by atoms with van der Waals surface area (Å²) in [6.07, 6.45) is 6.06. The van der Waals surface area contributed by atoms with E-state index in [0.717, 1.165) is 67.9 Å². The molecule has 1 aliphatic carbocycles. The maximum Gasteiger partial charge on any atom is 0.260 e. The number of carbonyl (C=O) groups is 1. The lowest BCUT2D eigenvalue weighted by Gasteiger charge is -2.33. The van der Waals surface area contributed by atoms with E-state index in [1.165, 1.54) is 28.2 Å². The fourth-order valence-electron chi connectivity index (χ4n) is 4.73. The van der Waals surface area contributed by atoms with E-state index in [9.17, 15) is 9.59 Å². The number of aromatic amines is 1. The van der Waals surface area contributed by atoms with Gasteiger partial charge in [0, 0.05) is 11.5 Å². The number of nitrogens with zero attached hydrogens (tertiary/aromatic N) is 2. The van der Waals surface area contributed by atoms with Crippen LogP contribution in [-0.2, 0) is 28.9 Å². The standard InChI is InChI=1S/C20H26N4O3S/c25-18-17-13-4-1-2-6-15(13)28-19(17)22-16(21-18)12-23-7-9-24(10-8-23)20(26)14-5-3-11-27-14/h14H,1-12H2,(H,21,22,25)/p+1/t14-/m1/s1. The van der Waals surface area contributed by atoms with Gasteiger partial charge in [0.2, 0.25) is 0 Å². The summed E-state index contributed by atoms with van der Waals surface area (Å²) in [6, 6.07) is 0. The zero-order valence-corrected chi connectivity index (χ0v) is 16.9. The van der Waals surface area contributed by atoms with Crippen LogP contribution in [0.15, 0.2) is 4.79 Å². The van der Waals surface area contributed by atoms with Crippen molar-refractivity contribution in [1.82, 2.24) is 14.9 Å². The minimum Gasteiger partial charge on any atom is -0.368 e. The molecule has 7 nitrogen and oxygen atoms in total. The lowest BCUT2D eigenvalue weighted by molar-refractivity contribution is -0.918. The molecule has 2 aliphatic heterocycles. The van der Waals surface area contributed by atoms with E-state index in [4.69, 9.17) is 9.72 Å². The number of H-pyrrole nitrogens is 1. The minimum atomic E-state index is -0.230. The van der Waals surface area contributed by atoms with Gasteiger partial charge < -0.3 is 19.5 Å². The van der Waals surface area contributed by atoms with Gasteiger partial charge in [-0.2, -0.15) is 0 Å². The number of fused-ring (bicyclic) bond motifs is 3. The lowest BCUT2D eigenvalue weighted by Crippen LogP contribution is -3.13. The number of ether oxygens (including phenoxy) is 1. The number of carbonyl (C=O) groups excluding carboxylic acids is 1. The summed E-state index contributed by atoms with van der Waals surface area (Å²) in [7, 11) is 0. The highest BCUT2D eigenvalue weighted by Crippen LogP contribution is 2.33. The Balaban J connectivity index is 1.26. The molecule has 2 N–H and O–H groups in total. The molecule has 2 aromatic heterocycles. The molecule has 28 heavy (non-hydrogen) atoms. The van der Waals surface area contributed by atoms with Gasteiger partial charge in [0.1, 0.15) is 17.5 Å². The van der Waals surface area contributed by atoms with Crippen molar-refractivity contribution in [3.05, 3.63) is 26.6 Å². The van der Waals surface area contributed by atoms with Crippen molar-refractivity contribution >= 4 is 27.5 Å². The third kappa shape index (κ3) is 3.38. The summed E-state index contributed by atoms with van der Waals surface area (Å²) >= 11 is 1.70. The number of hydrogen-bond acceptors (Lipinski definition) is 5. The van der Waals surface area contributed by atoms with Gasteiger partial charge in [-0.15, -0.1) is 11.3 Å². The monoisotopic (exact) mass is 403 g/mol. The number of aryl methyl sites for hydroxylation is 2. The summed E-state index contributed by atoms with van der Waals surface area (Å²) in [6.45, 7) is 4.65. The quantitative estimate of drug-likeness (QED) is 0.771. The van der Waals surface area contributed by atoms with Crippen LogP contribution in [0.2, 0.25) is 0 Å². The van der Waals surface area contributed by atoms with Gasteiger partial charge in [-0.05, 0) is 44.1 Å². The first-order valence-electron chi connectivity index (χ1n) is 10.5. The number of piperazine rings is 1. The third-order valence-electron chi connectivity index (χ3n) is 6.28. The van der Waals surface area contributed by atoms with Gasteiger partial charge in [0.05, 0.1) is 31.6 Å². The van der Waals surface area contributed by atoms with E-state index in [2.05, 4.69) is 4.98 Å². The van der Waals surface area contributed by atoms with Crippen molar-refractivity contribution < 1.29 is 14.4 Å². The number of amides is 1. The summed E-state index contributed by atoms with van der Waals surface area (Å²) in [5, 5.41) is 0.824. The summed E-state index contributed by atoms with van der Waals surface area (Å²) in [5.41, 5.74) is 1.26. The first kappa shape index (κ1) is 18.3. The Bertz CT molecular complexity index is 939. The van der Waals surface area contributed by atoms with Crippen LogP contribution in [0.4, 0.5) is 0 Å². The average molecular weight is 404 g/mol. The Morgan fingerprint density at radius 2 is 2.07 bits per heavy atom. The fraction of sp³-hybridized carbons (Fsp3) is 0.650. The second kappa shape index (κ2) is 7.57. The number of rotatable bonds is 3. The molecule has 0 unspecified atom stereocenters. The molecule has 1 atom stereocenters. The van der Waals surface area contributed by atoms with Crippen LogP contribution in [0.5, 0.6) is 0 Å². The first-order chi connectivity index (χ1) is 13.7. The molecule has 150 valence electrons. The average Bonchev–Trinajstić information content (AvgIpc) is 3.36. The van der Waals surface area contributed by atoms with E-state index in [1.54, 1.807) is 11.3 Å². The summed E-state index contributed by atoms with van der Waals surface area (Å²) in [4.78, 5) is 38.6. The summed E-state index contributed by atoms with van der Waals surface area (Å²) < 4.78 is 5.53. The van der Waals surface area contributed by atoms with Crippen molar-refractivity contribution in [2.24, 2.45) is 0 Å². The SMILES string of the molecule is O=C([C@H]1CCCO1)N1CC[NH+](Cc2nc3sc4c(c3c(=O)[nH]2)CCCC4)CC1. The molecule has 4 heterocycles. The zero-order valence-electron chi connectivity index (χ0n) is 16.1. The Hall–Kier alpha value is -1.77. The maximum absolute atomic E-state index is 12.7. The summed E-state index contributed by atoms with van der Waals surface area (Å²) in [5.74, 6) is 0.915. The van der Waals surface area contributed by atoms with Gasteiger partial charge in [-0.1, -0.05) is 0 Å². The van der Waals surface area contributed by atoms with Gasteiger partial charge in [-0.3, -0.25) is 9.59 Å². The molecule has 3 aliphatic rings. The van der Waals surface area contributed by atoms with Gasteiger partial charge in [-0.25, -0.2) is 4.98 Å². The molecule has 0 radical (unpaired) electrons. The molecular weight excluding hydrogens is 376 g/mol. The van der Waals surface area contributed by atoms with Crippen LogP contribution in [0.1, 0.15) is 41.9 Å². The van der Waals surface area contributed by atoms with Crippen molar-refractivity contribution in [3.63, 3.8) is 0 Å². The molecule has 8 heteroatoms. The van der Waals surface area contributed by atoms with E-state index in [-0.39, 0.29) is 17.6 Å². The van der Waals surface area contributed by atoms with Crippen LogP contribution in [0.25, 0.3) is 10.2 Å². The van der Waals surface area contributed by atoms with Crippen molar-refractivity contribution in [2.45, 2.75) is 51.2 Å². The van der Waals surface area contributed by atoms with Gasteiger partial charge >= 0.3 is 0 Å². The van der Waals surface area contributed by atoms with Crippen LogP contribution < -0.4 is 10.5 Å². The zero-order chi connectivity index (χ0) is 19.1. The number of quaternary nitrogens is 1. The third-order valence-corrected chi connectivity index (χ3v) is 7.46. The smallest absolute Gasteiger partial charge is 0.260 e. The molecule has 2 aromatic rings. The highest BCUT2D eigenvalue weighted by Gasteiger charge is 2.32. The Kier molecular flexibility index (Phi) is 4.94. The first-order valence-corrected chi connectivity index (χ1v) is 11.3. The van der Waals surface area contributed by atoms with Crippen molar-refractivity contribution in [3.8, 4) is 0 Å².